The molecule has 0 radical (unpaired) electrons. The van der Waals surface area contributed by atoms with Crippen LogP contribution in [0.1, 0.15) is 17.1 Å². The van der Waals surface area contributed by atoms with Crippen LogP contribution in [0.25, 0.3) is 0 Å². The third-order valence-corrected chi connectivity index (χ3v) is 4.69. The first-order valence-electron chi connectivity index (χ1n) is 6.40. The Morgan fingerprint density at radius 1 is 1.19 bits per heavy atom. The largest absolute Gasteiger partial charge is 0.465 e. The Labute approximate surface area is 129 Å². The molecule has 1 heterocycles. The van der Waals surface area contributed by atoms with E-state index in [1.807, 2.05) is 0 Å². The topological polar surface area (TPSA) is 71.3 Å². The van der Waals surface area contributed by atoms with Crippen LogP contribution >= 0.6 is 11.6 Å². The maximum Gasteiger partial charge on any atom is 0.240 e. The van der Waals surface area contributed by atoms with Crippen LogP contribution in [0, 0.1) is 6.92 Å². The Morgan fingerprint density at radius 2 is 1.95 bits per heavy atom. The van der Waals surface area contributed by atoms with E-state index in [0.29, 0.717) is 17.3 Å². The highest BCUT2D eigenvalue weighted by molar-refractivity contribution is 7.89. The van der Waals surface area contributed by atoms with Gasteiger partial charge in [-0.1, -0.05) is 11.6 Å². The van der Waals surface area contributed by atoms with Crippen molar-refractivity contribution >= 4 is 21.6 Å². The van der Waals surface area contributed by atoms with Gasteiger partial charge in [0.05, 0.1) is 11.4 Å². The van der Waals surface area contributed by atoms with Gasteiger partial charge >= 0.3 is 0 Å². The summed E-state index contributed by atoms with van der Waals surface area (Å²) in [6, 6.07) is 8.16. The average Bonchev–Trinajstić information content (AvgIpc) is 2.85. The third kappa shape index (κ3) is 4.07. The van der Waals surface area contributed by atoms with Gasteiger partial charge in [0.25, 0.3) is 0 Å². The van der Waals surface area contributed by atoms with Crippen molar-refractivity contribution in [3.05, 3.63) is 52.4 Å². The molecule has 7 heteroatoms. The number of benzene rings is 1. The normalized spacial score (nSPS) is 11.8. The van der Waals surface area contributed by atoms with Crippen molar-refractivity contribution < 1.29 is 12.8 Å². The summed E-state index contributed by atoms with van der Waals surface area (Å²) in [5.41, 5.74) is 0.732. The predicted molar refractivity (Wildman–Crippen MR) is 81.7 cm³/mol. The van der Waals surface area contributed by atoms with Gasteiger partial charge in [-0.15, -0.1) is 0 Å². The lowest BCUT2D eigenvalue weighted by Gasteiger charge is -2.09. The second-order valence-corrected chi connectivity index (χ2v) is 6.79. The monoisotopic (exact) mass is 328 g/mol. The van der Waals surface area contributed by atoms with E-state index in [1.165, 1.54) is 6.07 Å². The summed E-state index contributed by atoms with van der Waals surface area (Å²) in [5, 5.41) is 3.48. The lowest BCUT2D eigenvalue weighted by atomic mass is 10.2. The molecule has 1 aromatic carbocycles. The van der Waals surface area contributed by atoms with Crippen molar-refractivity contribution in [1.29, 1.82) is 0 Å². The Hall–Kier alpha value is -1.34. The molecule has 2 aromatic rings. The zero-order valence-corrected chi connectivity index (χ0v) is 13.4. The Bertz CT molecular complexity index is 726. The molecule has 1 aromatic heterocycles. The minimum atomic E-state index is -3.60. The van der Waals surface area contributed by atoms with E-state index in [9.17, 15) is 8.42 Å². The molecule has 0 atom stereocenters. The van der Waals surface area contributed by atoms with Crippen LogP contribution in [0.2, 0.25) is 5.02 Å². The molecule has 21 heavy (non-hydrogen) atoms. The van der Waals surface area contributed by atoms with Crippen LogP contribution in [-0.2, 0) is 23.1 Å². The maximum atomic E-state index is 12.3. The van der Waals surface area contributed by atoms with Gasteiger partial charge in [0, 0.05) is 11.6 Å². The molecule has 0 amide bonds. The highest BCUT2D eigenvalue weighted by atomic mass is 35.5. The molecular formula is C14H17ClN2O3S. The first kappa shape index (κ1) is 16.0. The Kier molecular flexibility index (Phi) is 5.05. The van der Waals surface area contributed by atoms with Gasteiger partial charge in [-0.05, 0) is 49.9 Å². The number of furan rings is 1. The first-order valence-corrected chi connectivity index (χ1v) is 8.26. The van der Waals surface area contributed by atoms with E-state index in [4.69, 9.17) is 16.0 Å². The first-order chi connectivity index (χ1) is 9.92. The molecule has 5 nitrogen and oxygen atoms in total. The van der Waals surface area contributed by atoms with Crippen molar-refractivity contribution in [1.82, 2.24) is 10.0 Å². The lowest BCUT2D eigenvalue weighted by Crippen LogP contribution is -2.23. The zero-order chi connectivity index (χ0) is 15.5. The molecule has 0 aliphatic carbocycles. The quantitative estimate of drug-likeness (QED) is 0.854. The fourth-order valence-electron chi connectivity index (χ4n) is 1.87. The van der Waals surface area contributed by atoms with Crippen LogP contribution in [-0.4, -0.2) is 15.5 Å². The summed E-state index contributed by atoms with van der Waals surface area (Å²) in [7, 11) is -1.83. The average molecular weight is 329 g/mol. The fourth-order valence-corrected chi connectivity index (χ4v) is 3.10. The standard InChI is InChI=1S/C14H17ClN2O3S/c1-10-3-4-12(20-10)9-17-21(18,19)13-5-6-14(15)11(7-13)8-16-2/h3-7,16-17H,8-9H2,1-2H3. The van der Waals surface area contributed by atoms with Crippen molar-refractivity contribution in [3.8, 4) is 0 Å². The lowest BCUT2D eigenvalue weighted by molar-refractivity contribution is 0.475. The van der Waals surface area contributed by atoms with Crippen LogP contribution in [0.4, 0.5) is 0 Å². The van der Waals surface area contributed by atoms with E-state index in [0.717, 1.165) is 11.3 Å². The van der Waals surface area contributed by atoms with E-state index in [2.05, 4.69) is 10.0 Å². The summed E-state index contributed by atoms with van der Waals surface area (Å²) >= 11 is 6.03. The zero-order valence-electron chi connectivity index (χ0n) is 11.8. The van der Waals surface area contributed by atoms with Crippen molar-refractivity contribution in [3.63, 3.8) is 0 Å². The molecule has 114 valence electrons. The summed E-state index contributed by atoms with van der Waals surface area (Å²) in [6.07, 6.45) is 0. The van der Waals surface area contributed by atoms with Gasteiger partial charge in [0.2, 0.25) is 10.0 Å². The second-order valence-electron chi connectivity index (χ2n) is 4.62. The van der Waals surface area contributed by atoms with Crippen LogP contribution in [0.3, 0.4) is 0 Å². The third-order valence-electron chi connectivity index (χ3n) is 2.93. The number of hydrogen-bond donors (Lipinski definition) is 2. The molecule has 2 rings (SSSR count). The minimum Gasteiger partial charge on any atom is -0.465 e. The van der Waals surface area contributed by atoms with Crippen LogP contribution in [0.5, 0.6) is 0 Å². The molecule has 0 saturated carbocycles. The smallest absolute Gasteiger partial charge is 0.240 e. The molecule has 2 N–H and O–H groups in total. The number of nitrogens with one attached hydrogen (secondary N) is 2. The predicted octanol–water partition coefficient (Wildman–Crippen LogP) is 2.44. The van der Waals surface area contributed by atoms with Gasteiger partial charge in [-0.2, -0.15) is 0 Å². The SMILES string of the molecule is CNCc1cc(S(=O)(=O)NCc2ccc(C)o2)ccc1Cl. The van der Waals surface area contributed by atoms with Gasteiger partial charge in [0.15, 0.2) is 0 Å². The number of sulfonamides is 1. The summed E-state index contributed by atoms with van der Waals surface area (Å²) in [6.45, 7) is 2.42. The van der Waals surface area contributed by atoms with Crippen LogP contribution < -0.4 is 10.0 Å². The van der Waals surface area contributed by atoms with Crippen molar-refractivity contribution in [2.24, 2.45) is 0 Å². The molecule has 0 fully saturated rings. The summed E-state index contributed by atoms with van der Waals surface area (Å²) in [5.74, 6) is 1.31. The van der Waals surface area contributed by atoms with Gasteiger partial charge in [-0.25, -0.2) is 13.1 Å². The Balaban J connectivity index is 2.17. The number of rotatable bonds is 6. The van der Waals surface area contributed by atoms with Gasteiger partial charge in [-0.3, -0.25) is 0 Å². The number of aryl methyl sites for hydroxylation is 1. The molecule has 0 aliphatic heterocycles. The summed E-state index contributed by atoms with van der Waals surface area (Å²) in [4.78, 5) is 0.181. The fraction of sp³-hybridized carbons (Fsp3) is 0.286. The highest BCUT2D eigenvalue weighted by Gasteiger charge is 2.16. The summed E-state index contributed by atoms with van der Waals surface area (Å²) < 4.78 is 32.4. The van der Waals surface area contributed by atoms with E-state index >= 15 is 0 Å². The molecule has 0 aliphatic rings. The van der Waals surface area contributed by atoms with E-state index < -0.39 is 10.0 Å². The molecule has 0 unspecified atom stereocenters. The van der Waals surface area contributed by atoms with Gasteiger partial charge in [0.1, 0.15) is 11.5 Å². The van der Waals surface area contributed by atoms with E-state index in [-0.39, 0.29) is 11.4 Å². The second kappa shape index (κ2) is 6.62. The molecule has 0 spiro atoms. The van der Waals surface area contributed by atoms with Crippen molar-refractivity contribution in [2.45, 2.75) is 24.9 Å². The highest BCUT2D eigenvalue weighted by Crippen LogP contribution is 2.20. The van der Waals surface area contributed by atoms with Crippen LogP contribution in [0.15, 0.2) is 39.6 Å². The number of hydrogen-bond acceptors (Lipinski definition) is 4. The molecule has 0 bridgehead atoms. The Morgan fingerprint density at radius 3 is 2.57 bits per heavy atom. The van der Waals surface area contributed by atoms with Gasteiger partial charge < -0.3 is 9.73 Å². The molecular weight excluding hydrogens is 312 g/mol. The molecule has 0 saturated heterocycles. The minimum absolute atomic E-state index is 0.111. The number of halogens is 1. The van der Waals surface area contributed by atoms with E-state index in [1.54, 1.807) is 38.2 Å². The van der Waals surface area contributed by atoms with Crippen molar-refractivity contribution in [2.75, 3.05) is 7.05 Å². The maximum absolute atomic E-state index is 12.3.